The Hall–Kier alpha value is -3.73. The van der Waals surface area contributed by atoms with Crippen LogP contribution >= 0.6 is 0 Å². The minimum atomic E-state index is -0.351. The predicted octanol–water partition coefficient (Wildman–Crippen LogP) is 5.67. The third kappa shape index (κ3) is 3.74. The quantitative estimate of drug-likeness (QED) is 0.432. The highest BCUT2D eigenvalue weighted by atomic mass is 19.1. The maximum Gasteiger partial charge on any atom is 0.280 e. The van der Waals surface area contributed by atoms with Crippen LogP contribution in [0.15, 0.2) is 88.6 Å². The van der Waals surface area contributed by atoms with Crippen molar-refractivity contribution in [3.05, 3.63) is 106 Å². The monoisotopic (exact) mass is 399 g/mol. The summed E-state index contributed by atoms with van der Waals surface area (Å²) in [6.45, 7) is 3.93. The van der Waals surface area contributed by atoms with Crippen LogP contribution in [0.5, 0.6) is 0 Å². The number of hydrogen-bond donors (Lipinski definition) is 1. The summed E-state index contributed by atoms with van der Waals surface area (Å²) in [5, 5.41) is 3.20. The second-order valence-electron chi connectivity index (χ2n) is 7.02. The Kier molecular flexibility index (Phi) is 5.44. The average Bonchev–Trinajstić information content (AvgIpc) is 3.12. The number of nitrogens with zero attached hydrogens (tertiary/aromatic N) is 2. The molecule has 4 rings (SSSR count). The Morgan fingerprint density at radius 2 is 1.63 bits per heavy atom. The number of halogens is 1. The van der Waals surface area contributed by atoms with Gasteiger partial charge < -0.3 is 0 Å². The first-order valence-corrected chi connectivity index (χ1v) is 9.88. The number of aromatic amines is 1. The van der Waals surface area contributed by atoms with E-state index in [2.05, 4.69) is 12.0 Å². The molecule has 5 heteroatoms. The van der Waals surface area contributed by atoms with E-state index >= 15 is 0 Å². The summed E-state index contributed by atoms with van der Waals surface area (Å²) < 4.78 is 14.8. The Morgan fingerprint density at radius 1 is 0.967 bits per heavy atom. The standard InChI is InChI=1S/C25H22FN3O/c1-3-18-9-7-8-12-22(18)27-17(2)23-24(19-10-5-4-6-11-19)28-29(25(23)30)21-15-13-20(26)14-16-21/h4-16,28H,3H2,1-2H3. The summed E-state index contributed by atoms with van der Waals surface area (Å²) in [6.07, 6.45) is 0.853. The number of nitrogens with one attached hydrogen (secondary N) is 1. The first-order chi connectivity index (χ1) is 14.6. The molecule has 0 saturated carbocycles. The van der Waals surface area contributed by atoms with Crippen LogP contribution in [0.3, 0.4) is 0 Å². The van der Waals surface area contributed by atoms with Gasteiger partial charge in [-0.05, 0) is 49.2 Å². The molecule has 1 N–H and O–H groups in total. The average molecular weight is 399 g/mol. The molecule has 3 aromatic carbocycles. The lowest BCUT2D eigenvalue weighted by Gasteiger charge is -2.05. The van der Waals surface area contributed by atoms with Gasteiger partial charge in [-0.15, -0.1) is 0 Å². The minimum absolute atomic E-state index is 0.226. The molecule has 0 aliphatic carbocycles. The van der Waals surface area contributed by atoms with Gasteiger partial charge in [0.25, 0.3) is 5.56 Å². The second kappa shape index (κ2) is 8.33. The number of aliphatic imine (C=N–C) groups is 1. The van der Waals surface area contributed by atoms with Crippen LogP contribution in [0.25, 0.3) is 16.9 Å². The summed E-state index contributed by atoms with van der Waals surface area (Å²) >= 11 is 0. The van der Waals surface area contributed by atoms with Gasteiger partial charge in [0.15, 0.2) is 0 Å². The summed E-state index contributed by atoms with van der Waals surface area (Å²) in [6, 6.07) is 23.4. The Balaban J connectivity index is 1.92. The molecule has 0 saturated heterocycles. The molecule has 0 bridgehead atoms. The van der Waals surface area contributed by atoms with Crippen molar-refractivity contribution in [2.45, 2.75) is 20.3 Å². The molecule has 0 radical (unpaired) electrons. The van der Waals surface area contributed by atoms with Crippen LogP contribution in [-0.2, 0) is 6.42 Å². The highest BCUT2D eigenvalue weighted by Crippen LogP contribution is 2.25. The molecule has 0 spiro atoms. The number of rotatable bonds is 5. The van der Waals surface area contributed by atoms with Gasteiger partial charge in [0, 0.05) is 5.56 Å². The van der Waals surface area contributed by atoms with Gasteiger partial charge in [-0.3, -0.25) is 14.9 Å². The first-order valence-electron chi connectivity index (χ1n) is 9.88. The maximum absolute atomic E-state index is 13.4. The third-order valence-corrected chi connectivity index (χ3v) is 5.06. The number of H-pyrrole nitrogens is 1. The highest BCUT2D eigenvalue weighted by Gasteiger charge is 2.19. The van der Waals surface area contributed by atoms with E-state index in [0.29, 0.717) is 22.7 Å². The first kappa shape index (κ1) is 19.6. The van der Waals surface area contributed by atoms with Crippen molar-refractivity contribution >= 4 is 11.4 Å². The van der Waals surface area contributed by atoms with Gasteiger partial charge in [-0.25, -0.2) is 9.07 Å². The van der Waals surface area contributed by atoms with E-state index in [4.69, 9.17) is 4.99 Å². The number of aromatic nitrogens is 2. The molecule has 0 atom stereocenters. The fourth-order valence-corrected chi connectivity index (χ4v) is 3.51. The summed E-state index contributed by atoms with van der Waals surface area (Å²) in [5.41, 5.74) is 4.98. The molecule has 4 aromatic rings. The lowest BCUT2D eigenvalue weighted by molar-refractivity contribution is 0.627. The van der Waals surface area contributed by atoms with Crippen molar-refractivity contribution in [2.75, 3.05) is 0 Å². The zero-order valence-corrected chi connectivity index (χ0v) is 16.9. The molecule has 1 aromatic heterocycles. The highest BCUT2D eigenvalue weighted by molar-refractivity contribution is 6.04. The fourth-order valence-electron chi connectivity index (χ4n) is 3.51. The lowest BCUT2D eigenvalue weighted by atomic mass is 10.0. The third-order valence-electron chi connectivity index (χ3n) is 5.06. The van der Waals surface area contributed by atoms with Gasteiger partial charge in [-0.1, -0.05) is 55.5 Å². The molecule has 0 aliphatic heterocycles. The minimum Gasteiger partial charge on any atom is -0.290 e. The van der Waals surface area contributed by atoms with Gasteiger partial charge >= 0.3 is 0 Å². The normalized spacial score (nSPS) is 11.6. The van der Waals surface area contributed by atoms with Gasteiger partial charge in [0.1, 0.15) is 5.82 Å². The fraction of sp³-hybridized carbons (Fsp3) is 0.120. The van der Waals surface area contributed by atoms with Crippen LogP contribution in [0.2, 0.25) is 0 Å². The van der Waals surface area contributed by atoms with E-state index in [1.807, 2.05) is 61.5 Å². The second-order valence-corrected chi connectivity index (χ2v) is 7.02. The van der Waals surface area contributed by atoms with E-state index in [9.17, 15) is 9.18 Å². The molecule has 0 fully saturated rings. The Morgan fingerprint density at radius 3 is 2.33 bits per heavy atom. The molecule has 4 nitrogen and oxygen atoms in total. The van der Waals surface area contributed by atoms with Crippen molar-refractivity contribution in [1.82, 2.24) is 9.78 Å². The number of hydrogen-bond acceptors (Lipinski definition) is 2. The van der Waals surface area contributed by atoms with Crippen molar-refractivity contribution in [2.24, 2.45) is 4.99 Å². The van der Waals surface area contributed by atoms with E-state index in [-0.39, 0.29) is 11.4 Å². The molecule has 1 heterocycles. The van der Waals surface area contributed by atoms with E-state index in [1.54, 1.807) is 12.1 Å². The van der Waals surface area contributed by atoms with Crippen molar-refractivity contribution in [1.29, 1.82) is 0 Å². The van der Waals surface area contributed by atoms with E-state index < -0.39 is 0 Å². The maximum atomic E-state index is 13.4. The molecule has 0 aliphatic rings. The van der Waals surface area contributed by atoms with Crippen LogP contribution in [-0.4, -0.2) is 15.5 Å². The lowest BCUT2D eigenvalue weighted by Crippen LogP contribution is -2.19. The van der Waals surface area contributed by atoms with Gasteiger partial charge in [0.05, 0.1) is 28.3 Å². The molecule has 0 amide bonds. The van der Waals surface area contributed by atoms with Crippen LogP contribution in [0.4, 0.5) is 10.1 Å². The van der Waals surface area contributed by atoms with Crippen LogP contribution < -0.4 is 5.56 Å². The number of benzene rings is 3. The zero-order valence-electron chi connectivity index (χ0n) is 16.9. The number of aryl methyl sites for hydroxylation is 1. The smallest absolute Gasteiger partial charge is 0.280 e. The summed E-state index contributed by atoms with van der Waals surface area (Å²) in [5.74, 6) is -0.351. The topological polar surface area (TPSA) is 50.1 Å². The predicted molar refractivity (Wildman–Crippen MR) is 119 cm³/mol. The number of para-hydroxylation sites is 1. The van der Waals surface area contributed by atoms with Gasteiger partial charge in [-0.2, -0.15) is 0 Å². The summed E-state index contributed by atoms with van der Waals surface area (Å²) in [7, 11) is 0. The Bertz CT molecular complexity index is 1250. The van der Waals surface area contributed by atoms with Gasteiger partial charge in [0.2, 0.25) is 0 Å². The Labute approximate surface area is 174 Å². The summed E-state index contributed by atoms with van der Waals surface area (Å²) in [4.78, 5) is 18.2. The zero-order chi connectivity index (χ0) is 21.1. The van der Waals surface area contributed by atoms with Crippen molar-refractivity contribution < 1.29 is 4.39 Å². The largest absolute Gasteiger partial charge is 0.290 e. The van der Waals surface area contributed by atoms with E-state index in [0.717, 1.165) is 23.2 Å². The molecule has 0 unspecified atom stereocenters. The van der Waals surface area contributed by atoms with E-state index in [1.165, 1.54) is 16.8 Å². The molecular formula is C25H22FN3O. The van der Waals surface area contributed by atoms with Crippen LogP contribution in [0.1, 0.15) is 25.0 Å². The molecule has 150 valence electrons. The van der Waals surface area contributed by atoms with Crippen molar-refractivity contribution in [3.63, 3.8) is 0 Å². The molecule has 30 heavy (non-hydrogen) atoms. The molecular weight excluding hydrogens is 377 g/mol. The van der Waals surface area contributed by atoms with Crippen molar-refractivity contribution in [3.8, 4) is 16.9 Å². The van der Waals surface area contributed by atoms with Crippen LogP contribution in [0, 0.1) is 5.82 Å². The SMILES string of the molecule is CCc1ccccc1N=C(C)c1c(-c2ccccc2)[nH]n(-c2ccc(F)cc2)c1=O.